The Hall–Kier alpha value is -0.280. The van der Waals surface area contributed by atoms with Gasteiger partial charge in [-0.15, -0.1) is 0 Å². The molecular weight excluding hydrogens is 301 g/mol. The van der Waals surface area contributed by atoms with E-state index in [1.165, 1.54) is 0 Å². The maximum atomic E-state index is 11.5. The standard InChI is InChI=1S/C15H34N3O3P/c1-12(2)17(13(3)4)22(19,20,21-11-9-10-16)18(14(5)6)15(7)8/h12-15,19-20H,9,11H2,1-8H3. The second-order valence-electron chi connectivity index (χ2n) is 6.74. The number of nitriles is 1. The molecule has 0 aliphatic carbocycles. The molecule has 0 aromatic heterocycles. The molecule has 7 heteroatoms. The van der Waals surface area contributed by atoms with Gasteiger partial charge in [0.25, 0.3) is 0 Å². The second kappa shape index (κ2) is 8.01. The van der Waals surface area contributed by atoms with E-state index in [2.05, 4.69) is 0 Å². The maximum absolute atomic E-state index is 11.5. The molecule has 0 heterocycles. The van der Waals surface area contributed by atoms with Gasteiger partial charge in [-0.3, -0.25) is 0 Å². The van der Waals surface area contributed by atoms with Gasteiger partial charge in [0.1, 0.15) is 0 Å². The van der Waals surface area contributed by atoms with Crippen molar-refractivity contribution in [2.75, 3.05) is 6.61 Å². The van der Waals surface area contributed by atoms with Gasteiger partial charge in [0, 0.05) is 0 Å². The van der Waals surface area contributed by atoms with Crippen molar-refractivity contribution in [2.45, 2.75) is 86.0 Å². The van der Waals surface area contributed by atoms with Crippen molar-refractivity contribution in [3.05, 3.63) is 0 Å². The molecule has 0 spiro atoms. The van der Waals surface area contributed by atoms with Gasteiger partial charge in [-0.25, -0.2) is 0 Å². The predicted octanol–water partition coefficient (Wildman–Crippen LogP) is 3.27. The Morgan fingerprint density at radius 2 is 1.18 bits per heavy atom. The Labute approximate surface area is 136 Å². The summed E-state index contributed by atoms with van der Waals surface area (Å²) in [4.78, 5) is 23.0. The van der Waals surface area contributed by atoms with E-state index in [4.69, 9.17) is 9.79 Å². The average molecular weight is 335 g/mol. The first-order valence-corrected chi connectivity index (χ1v) is 9.97. The van der Waals surface area contributed by atoms with Gasteiger partial charge >= 0.3 is 135 Å². The number of hydrogen-bond donors (Lipinski definition) is 2. The molecule has 0 aliphatic rings. The summed E-state index contributed by atoms with van der Waals surface area (Å²) in [5, 5.41) is 8.76. The summed E-state index contributed by atoms with van der Waals surface area (Å²) >= 11 is 0. The molecule has 0 saturated heterocycles. The second-order valence-corrected chi connectivity index (χ2v) is 9.65. The molecule has 0 bridgehead atoms. The molecule has 22 heavy (non-hydrogen) atoms. The van der Waals surface area contributed by atoms with Crippen molar-refractivity contribution in [3.8, 4) is 6.07 Å². The summed E-state index contributed by atoms with van der Waals surface area (Å²) in [6.45, 7) is 15.3. The first kappa shape index (κ1) is 21.7. The molecule has 6 nitrogen and oxygen atoms in total. The molecule has 0 unspecified atom stereocenters. The third-order valence-corrected chi connectivity index (χ3v) is 7.57. The van der Waals surface area contributed by atoms with Crippen LogP contribution in [0, 0.1) is 11.3 Å². The van der Waals surface area contributed by atoms with E-state index >= 15 is 0 Å². The van der Waals surface area contributed by atoms with E-state index in [0.717, 1.165) is 0 Å². The number of hydrogen-bond acceptors (Lipinski definition) is 6. The van der Waals surface area contributed by atoms with E-state index in [9.17, 15) is 9.79 Å². The van der Waals surface area contributed by atoms with Gasteiger partial charge in [-0.2, -0.15) is 0 Å². The molecule has 2 N–H and O–H groups in total. The van der Waals surface area contributed by atoms with Crippen molar-refractivity contribution >= 4 is 7.59 Å². The Morgan fingerprint density at radius 1 is 0.864 bits per heavy atom. The van der Waals surface area contributed by atoms with Crippen molar-refractivity contribution in [1.82, 2.24) is 9.34 Å². The van der Waals surface area contributed by atoms with Gasteiger partial charge in [0.2, 0.25) is 0 Å². The average Bonchev–Trinajstić information content (AvgIpc) is 2.25. The first-order valence-electron chi connectivity index (χ1n) is 8.00. The minimum atomic E-state index is -4.78. The zero-order chi connectivity index (χ0) is 17.7. The van der Waals surface area contributed by atoms with Gasteiger partial charge in [0.15, 0.2) is 0 Å². The minimum absolute atomic E-state index is 0.00674. The van der Waals surface area contributed by atoms with Gasteiger partial charge in [0.05, 0.1) is 0 Å². The summed E-state index contributed by atoms with van der Waals surface area (Å²) in [5.74, 6) is 0. The van der Waals surface area contributed by atoms with E-state index in [-0.39, 0.29) is 37.2 Å². The fourth-order valence-electron chi connectivity index (χ4n) is 3.32. The molecule has 0 aliphatic heterocycles. The Bertz CT molecular complexity index is 352. The molecule has 0 aromatic rings. The summed E-state index contributed by atoms with van der Waals surface area (Å²) in [7, 11) is -4.78. The zero-order valence-corrected chi connectivity index (χ0v) is 16.2. The molecule has 0 rings (SSSR count). The van der Waals surface area contributed by atoms with Crippen LogP contribution in [0.2, 0.25) is 0 Å². The molecule has 132 valence electrons. The molecular formula is C15H34N3O3P. The number of nitrogens with zero attached hydrogens (tertiary/aromatic N) is 3. The van der Waals surface area contributed by atoms with Crippen LogP contribution in [0.25, 0.3) is 0 Å². The fraction of sp³-hybridized carbons (Fsp3) is 0.933. The van der Waals surface area contributed by atoms with Crippen LogP contribution in [0.5, 0.6) is 0 Å². The normalized spacial score (nSPS) is 15.1. The van der Waals surface area contributed by atoms with Crippen LogP contribution in [0.3, 0.4) is 0 Å². The van der Waals surface area contributed by atoms with Crippen LogP contribution in [0.1, 0.15) is 61.8 Å². The van der Waals surface area contributed by atoms with E-state index < -0.39 is 7.59 Å². The first-order chi connectivity index (χ1) is 9.89. The Balaban J connectivity index is 6.09. The van der Waals surface area contributed by atoms with E-state index in [1.807, 2.05) is 61.5 Å². The van der Waals surface area contributed by atoms with Crippen LogP contribution >= 0.6 is 7.59 Å². The predicted molar refractivity (Wildman–Crippen MR) is 91.8 cm³/mol. The van der Waals surface area contributed by atoms with Crippen LogP contribution in [0.15, 0.2) is 0 Å². The zero-order valence-electron chi connectivity index (χ0n) is 15.3. The third kappa shape index (κ3) is 4.61. The summed E-state index contributed by atoms with van der Waals surface area (Å²) in [5.41, 5.74) is 0. The topological polar surface area (TPSA) is 80.0 Å². The van der Waals surface area contributed by atoms with Crippen molar-refractivity contribution in [3.63, 3.8) is 0 Å². The molecule has 0 aromatic carbocycles. The third-order valence-electron chi connectivity index (χ3n) is 3.46. The fourth-order valence-corrected chi connectivity index (χ4v) is 7.47. The quantitative estimate of drug-likeness (QED) is 0.497. The molecule has 0 atom stereocenters. The van der Waals surface area contributed by atoms with Gasteiger partial charge < -0.3 is 0 Å². The van der Waals surface area contributed by atoms with Crippen LogP contribution < -0.4 is 0 Å². The van der Waals surface area contributed by atoms with Crippen molar-refractivity contribution in [1.29, 1.82) is 5.26 Å². The van der Waals surface area contributed by atoms with Gasteiger partial charge in [-0.05, 0) is 0 Å². The van der Waals surface area contributed by atoms with Crippen molar-refractivity contribution < 1.29 is 14.3 Å². The van der Waals surface area contributed by atoms with E-state index in [0.29, 0.717) is 0 Å². The molecule has 0 amide bonds. The van der Waals surface area contributed by atoms with E-state index in [1.54, 1.807) is 9.34 Å². The molecule has 0 fully saturated rings. The summed E-state index contributed by atoms with van der Waals surface area (Å²) in [6, 6.07) is 1.53. The number of rotatable bonds is 9. The van der Waals surface area contributed by atoms with Crippen LogP contribution in [-0.2, 0) is 4.52 Å². The SMILES string of the molecule is CC(C)N(C(C)C)P(O)(O)(OCCC#N)N(C(C)C)C(C)C. The van der Waals surface area contributed by atoms with Gasteiger partial charge in [-0.1, -0.05) is 0 Å². The summed E-state index contributed by atoms with van der Waals surface area (Å²) in [6.07, 6.45) is 0.118. The summed E-state index contributed by atoms with van der Waals surface area (Å²) < 4.78 is 9.01. The van der Waals surface area contributed by atoms with Crippen LogP contribution in [-0.4, -0.2) is 49.9 Å². The Kier molecular flexibility index (Phi) is 7.91. The molecule has 0 saturated carbocycles. The molecule has 0 radical (unpaired) electrons. The Morgan fingerprint density at radius 3 is 1.41 bits per heavy atom. The van der Waals surface area contributed by atoms with Crippen molar-refractivity contribution in [2.24, 2.45) is 0 Å². The van der Waals surface area contributed by atoms with Crippen LogP contribution in [0.4, 0.5) is 0 Å². The monoisotopic (exact) mass is 335 g/mol.